The summed E-state index contributed by atoms with van der Waals surface area (Å²) in [6.07, 6.45) is 3.15. The minimum atomic E-state index is -0.158. The van der Waals surface area contributed by atoms with E-state index in [1.807, 2.05) is 0 Å². The molecule has 0 saturated heterocycles. The zero-order chi connectivity index (χ0) is 13.5. The van der Waals surface area contributed by atoms with Crippen molar-refractivity contribution in [3.63, 3.8) is 0 Å². The molecule has 0 aromatic heterocycles. The van der Waals surface area contributed by atoms with Crippen molar-refractivity contribution in [2.45, 2.75) is 19.3 Å². The van der Waals surface area contributed by atoms with Gasteiger partial charge < -0.3 is 10.0 Å². The van der Waals surface area contributed by atoms with E-state index in [0.29, 0.717) is 17.1 Å². The highest BCUT2D eigenvalue weighted by atomic mass is 79.9. The van der Waals surface area contributed by atoms with Gasteiger partial charge in [0.15, 0.2) is 0 Å². The Hall–Kier alpha value is -0.740. The first-order chi connectivity index (χ1) is 8.56. The van der Waals surface area contributed by atoms with Crippen molar-refractivity contribution < 1.29 is 9.90 Å². The van der Waals surface area contributed by atoms with Crippen molar-refractivity contribution in [3.05, 3.63) is 28.8 Å². The van der Waals surface area contributed by atoms with Crippen LogP contribution in [-0.4, -0.2) is 34.8 Å². The number of hydrogen-bond donors (Lipinski definition) is 1. The average Bonchev–Trinajstić information content (AvgIpc) is 2.36. The van der Waals surface area contributed by atoms with Crippen LogP contribution in [0, 0.1) is 0 Å². The Morgan fingerprint density at radius 2 is 2.11 bits per heavy atom. The highest BCUT2D eigenvalue weighted by molar-refractivity contribution is 9.09. The fourth-order valence-electron chi connectivity index (χ4n) is 1.60. The highest BCUT2D eigenvalue weighted by Crippen LogP contribution is 2.22. The summed E-state index contributed by atoms with van der Waals surface area (Å²) in [6, 6.07) is 4.40. The van der Waals surface area contributed by atoms with Crippen LogP contribution in [0.2, 0.25) is 5.02 Å². The van der Waals surface area contributed by atoms with Gasteiger partial charge in [-0.25, -0.2) is 0 Å². The molecule has 1 N–H and O–H groups in total. The Morgan fingerprint density at radius 3 is 2.78 bits per heavy atom. The lowest BCUT2D eigenvalue weighted by Gasteiger charge is -2.17. The molecular weight excluding hydrogens is 318 g/mol. The van der Waals surface area contributed by atoms with E-state index >= 15 is 0 Å². The Bertz CT molecular complexity index is 412. The van der Waals surface area contributed by atoms with Gasteiger partial charge in [-0.1, -0.05) is 34.0 Å². The monoisotopic (exact) mass is 333 g/mol. The van der Waals surface area contributed by atoms with Gasteiger partial charge in [0, 0.05) is 18.9 Å². The van der Waals surface area contributed by atoms with Crippen molar-refractivity contribution in [1.82, 2.24) is 4.90 Å². The summed E-state index contributed by atoms with van der Waals surface area (Å²) in [4.78, 5) is 13.7. The van der Waals surface area contributed by atoms with Crippen LogP contribution in [0.3, 0.4) is 0 Å². The molecule has 3 nitrogen and oxygen atoms in total. The molecule has 0 heterocycles. The molecule has 0 atom stereocenters. The number of benzene rings is 1. The molecule has 0 unspecified atom stereocenters. The number of amides is 1. The number of carbonyl (C=O) groups is 1. The third-order valence-corrected chi connectivity index (χ3v) is 3.54. The number of alkyl halides is 1. The standard InChI is InChI=1S/C13H17BrClNO2/c1-16(8-4-2-3-7-14)13(18)11-9-10(17)5-6-12(11)15/h5-6,9,17H,2-4,7-8H2,1H3. The highest BCUT2D eigenvalue weighted by Gasteiger charge is 2.15. The number of halogens is 2. The maximum Gasteiger partial charge on any atom is 0.255 e. The van der Waals surface area contributed by atoms with Crippen LogP contribution >= 0.6 is 27.5 Å². The lowest BCUT2D eigenvalue weighted by molar-refractivity contribution is 0.0792. The second kappa shape index (κ2) is 7.64. The lowest BCUT2D eigenvalue weighted by atomic mass is 10.1. The lowest BCUT2D eigenvalue weighted by Crippen LogP contribution is -2.28. The number of carbonyl (C=O) groups excluding carboxylic acids is 1. The molecule has 100 valence electrons. The van der Waals surface area contributed by atoms with Gasteiger partial charge in [0.25, 0.3) is 5.91 Å². The number of rotatable bonds is 6. The largest absolute Gasteiger partial charge is 0.508 e. The number of phenolic OH excluding ortho intramolecular Hbond substituents is 1. The summed E-state index contributed by atoms with van der Waals surface area (Å²) in [5.74, 6) is -0.106. The topological polar surface area (TPSA) is 40.5 Å². The Labute approximate surface area is 121 Å². The van der Waals surface area contributed by atoms with E-state index in [2.05, 4.69) is 15.9 Å². The Balaban J connectivity index is 2.60. The van der Waals surface area contributed by atoms with Gasteiger partial charge in [-0.2, -0.15) is 0 Å². The normalized spacial score (nSPS) is 10.4. The third-order valence-electron chi connectivity index (χ3n) is 2.65. The van der Waals surface area contributed by atoms with E-state index in [4.69, 9.17) is 11.6 Å². The van der Waals surface area contributed by atoms with E-state index in [0.717, 1.165) is 24.6 Å². The minimum absolute atomic E-state index is 0.0513. The van der Waals surface area contributed by atoms with Gasteiger partial charge in [0.1, 0.15) is 5.75 Å². The van der Waals surface area contributed by atoms with Crippen LogP contribution in [-0.2, 0) is 0 Å². The predicted molar refractivity (Wildman–Crippen MR) is 77.7 cm³/mol. The second-order valence-corrected chi connectivity index (χ2v) is 5.34. The molecule has 0 aliphatic carbocycles. The van der Waals surface area contributed by atoms with Crippen LogP contribution in [0.25, 0.3) is 0 Å². The van der Waals surface area contributed by atoms with Crippen LogP contribution in [0.4, 0.5) is 0 Å². The number of nitrogens with zero attached hydrogens (tertiary/aromatic N) is 1. The van der Waals surface area contributed by atoms with Gasteiger partial charge in [-0.3, -0.25) is 4.79 Å². The van der Waals surface area contributed by atoms with Crippen LogP contribution in [0.5, 0.6) is 5.75 Å². The van der Waals surface area contributed by atoms with Gasteiger partial charge in [-0.15, -0.1) is 0 Å². The number of phenols is 1. The van der Waals surface area contributed by atoms with E-state index < -0.39 is 0 Å². The minimum Gasteiger partial charge on any atom is -0.508 e. The SMILES string of the molecule is CN(CCCCCBr)C(=O)c1cc(O)ccc1Cl. The van der Waals surface area contributed by atoms with Gasteiger partial charge in [-0.05, 0) is 31.0 Å². The predicted octanol–water partition coefficient (Wildman–Crippen LogP) is 3.68. The first-order valence-electron chi connectivity index (χ1n) is 5.86. The van der Waals surface area contributed by atoms with Crippen LogP contribution < -0.4 is 0 Å². The number of hydrogen-bond acceptors (Lipinski definition) is 2. The summed E-state index contributed by atoms with van der Waals surface area (Å²) >= 11 is 9.33. The van der Waals surface area contributed by atoms with Crippen molar-refractivity contribution >= 4 is 33.4 Å². The smallest absolute Gasteiger partial charge is 0.255 e. The molecular formula is C13H17BrClNO2. The zero-order valence-corrected chi connectivity index (χ0v) is 12.7. The summed E-state index contributed by atoms with van der Waals surface area (Å²) in [5, 5.41) is 10.7. The molecule has 1 amide bonds. The number of unbranched alkanes of at least 4 members (excludes halogenated alkanes) is 2. The quantitative estimate of drug-likeness (QED) is 0.637. The molecule has 0 radical (unpaired) electrons. The Kier molecular flexibility index (Phi) is 6.50. The molecule has 1 rings (SSSR count). The fourth-order valence-corrected chi connectivity index (χ4v) is 2.20. The summed E-state index contributed by atoms with van der Waals surface area (Å²) in [5.41, 5.74) is 0.347. The molecule has 0 saturated carbocycles. The van der Waals surface area contributed by atoms with Gasteiger partial charge in [0.2, 0.25) is 0 Å². The first-order valence-corrected chi connectivity index (χ1v) is 7.36. The molecule has 1 aromatic carbocycles. The molecule has 0 bridgehead atoms. The molecule has 0 aliphatic heterocycles. The average molecular weight is 335 g/mol. The van der Waals surface area contributed by atoms with Crippen molar-refractivity contribution in [2.24, 2.45) is 0 Å². The Morgan fingerprint density at radius 1 is 1.39 bits per heavy atom. The fraction of sp³-hybridized carbons (Fsp3) is 0.462. The maximum absolute atomic E-state index is 12.1. The summed E-state index contributed by atoms with van der Waals surface area (Å²) < 4.78 is 0. The molecule has 0 spiro atoms. The van der Waals surface area contributed by atoms with E-state index in [-0.39, 0.29) is 11.7 Å². The van der Waals surface area contributed by atoms with Gasteiger partial charge >= 0.3 is 0 Å². The summed E-state index contributed by atoms with van der Waals surface area (Å²) in [6.45, 7) is 0.692. The molecule has 18 heavy (non-hydrogen) atoms. The van der Waals surface area contributed by atoms with Crippen molar-refractivity contribution in [1.29, 1.82) is 0 Å². The van der Waals surface area contributed by atoms with E-state index in [1.54, 1.807) is 11.9 Å². The van der Waals surface area contributed by atoms with Crippen molar-refractivity contribution in [3.8, 4) is 5.75 Å². The second-order valence-electron chi connectivity index (χ2n) is 4.14. The van der Waals surface area contributed by atoms with Gasteiger partial charge in [0.05, 0.1) is 10.6 Å². The molecule has 1 aromatic rings. The van der Waals surface area contributed by atoms with Crippen LogP contribution in [0.15, 0.2) is 18.2 Å². The zero-order valence-electron chi connectivity index (χ0n) is 10.3. The van der Waals surface area contributed by atoms with Crippen molar-refractivity contribution in [2.75, 3.05) is 18.9 Å². The molecule has 0 aliphatic rings. The van der Waals surface area contributed by atoms with E-state index in [1.165, 1.54) is 18.2 Å². The summed E-state index contributed by atoms with van der Waals surface area (Å²) in [7, 11) is 1.75. The van der Waals surface area contributed by atoms with Crippen LogP contribution in [0.1, 0.15) is 29.6 Å². The third kappa shape index (κ3) is 4.50. The first kappa shape index (κ1) is 15.3. The molecule has 0 fully saturated rings. The molecule has 5 heteroatoms. The van der Waals surface area contributed by atoms with E-state index in [9.17, 15) is 9.90 Å². The number of aromatic hydroxyl groups is 1. The maximum atomic E-state index is 12.1.